The Hall–Kier alpha value is -1.17. The number of rotatable bonds is 5. The normalized spacial score (nSPS) is 10.3. The van der Waals surface area contributed by atoms with E-state index in [4.69, 9.17) is 23.8 Å². The number of aromatic nitrogens is 1. The molecule has 1 aromatic heterocycles. The van der Waals surface area contributed by atoms with Crippen LogP contribution in [-0.4, -0.2) is 16.6 Å². The van der Waals surface area contributed by atoms with Gasteiger partial charge in [0.1, 0.15) is 5.82 Å². The smallest absolute Gasteiger partial charge is 0.171 e. The second kappa shape index (κ2) is 8.46. The molecular weight excluding hydrogens is 382 g/mol. The van der Waals surface area contributed by atoms with Gasteiger partial charge in [-0.15, -0.1) is 0 Å². The van der Waals surface area contributed by atoms with Crippen LogP contribution in [0.5, 0.6) is 0 Å². The SMILES string of the molecule is Cc1c(Cl)cnc(NC(=S)NCCCc2ccccc2)c1Br. The minimum atomic E-state index is 0.558. The fraction of sp³-hybridized carbons (Fsp3) is 0.250. The first-order valence-electron chi connectivity index (χ1n) is 6.97. The van der Waals surface area contributed by atoms with Crippen molar-refractivity contribution < 1.29 is 0 Å². The Labute approximate surface area is 149 Å². The van der Waals surface area contributed by atoms with Gasteiger partial charge in [0.15, 0.2) is 5.11 Å². The Morgan fingerprint density at radius 3 is 2.77 bits per heavy atom. The molecule has 22 heavy (non-hydrogen) atoms. The van der Waals surface area contributed by atoms with E-state index in [0.29, 0.717) is 16.0 Å². The van der Waals surface area contributed by atoms with E-state index in [0.717, 1.165) is 29.4 Å². The Balaban J connectivity index is 1.78. The number of pyridine rings is 1. The number of aryl methyl sites for hydroxylation is 1. The Morgan fingerprint density at radius 1 is 1.32 bits per heavy atom. The molecule has 1 heterocycles. The maximum Gasteiger partial charge on any atom is 0.171 e. The fourth-order valence-corrected chi connectivity index (χ4v) is 2.81. The highest BCUT2D eigenvalue weighted by molar-refractivity contribution is 9.10. The van der Waals surface area contributed by atoms with Crippen molar-refractivity contribution in [3.8, 4) is 0 Å². The fourth-order valence-electron chi connectivity index (χ4n) is 1.94. The molecule has 0 bridgehead atoms. The van der Waals surface area contributed by atoms with E-state index < -0.39 is 0 Å². The molecule has 3 nitrogen and oxygen atoms in total. The zero-order valence-electron chi connectivity index (χ0n) is 12.2. The van der Waals surface area contributed by atoms with Gasteiger partial charge in [0.2, 0.25) is 0 Å². The van der Waals surface area contributed by atoms with Crippen molar-refractivity contribution in [2.75, 3.05) is 11.9 Å². The van der Waals surface area contributed by atoms with Crippen molar-refractivity contribution in [3.63, 3.8) is 0 Å². The van der Waals surface area contributed by atoms with Crippen LogP contribution in [0.25, 0.3) is 0 Å². The summed E-state index contributed by atoms with van der Waals surface area (Å²) in [6, 6.07) is 10.4. The highest BCUT2D eigenvalue weighted by Gasteiger charge is 2.09. The van der Waals surface area contributed by atoms with Crippen LogP contribution in [0.3, 0.4) is 0 Å². The monoisotopic (exact) mass is 397 g/mol. The highest BCUT2D eigenvalue weighted by atomic mass is 79.9. The van der Waals surface area contributed by atoms with Crippen molar-refractivity contribution in [1.29, 1.82) is 0 Å². The van der Waals surface area contributed by atoms with Crippen LogP contribution >= 0.6 is 39.7 Å². The molecule has 0 fully saturated rings. The molecule has 0 aliphatic rings. The molecule has 0 atom stereocenters. The number of hydrogen-bond donors (Lipinski definition) is 2. The molecular formula is C16H17BrClN3S. The standard InChI is InChI=1S/C16H17BrClN3S/c1-11-13(18)10-20-15(14(11)17)21-16(22)19-9-5-8-12-6-3-2-4-7-12/h2-4,6-7,10H,5,8-9H2,1H3,(H2,19,20,21,22). The second-order valence-electron chi connectivity index (χ2n) is 4.86. The number of thiocarbonyl (C=S) groups is 1. The largest absolute Gasteiger partial charge is 0.362 e. The van der Waals surface area contributed by atoms with Gasteiger partial charge in [0, 0.05) is 12.7 Å². The maximum atomic E-state index is 6.01. The second-order valence-corrected chi connectivity index (χ2v) is 6.47. The minimum absolute atomic E-state index is 0.558. The average Bonchev–Trinajstić information content (AvgIpc) is 2.53. The minimum Gasteiger partial charge on any atom is -0.362 e. The Morgan fingerprint density at radius 2 is 2.05 bits per heavy atom. The maximum absolute atomic E-state index is 6.01. The van der Waals surface area contributed by atoms with Crippen molar-refractivity contribution in [2.24, 2.45) is 0 Å². The molecule has 2 N–H and O–H groups in total. The van der Waals surface area contributed by atoms with Crippen LogP contribution in [0, 0.1) is 6.92 Å². The summed E-state index contributed by atoms with van der Waals surface area (Å²) in [7, 11) is 0. The van der Waals surface area contributed by atoms with E-state index in [-0.39, 0.29) is 0 Å². The van der Waals surface area contributed by atoms with Gasteiger partial charge in [0.25, 0.3) is 0 Å². The molecule has 2 aromatic rings. The first-order chi connectivity index (χ1) is 10.6. The summed E-state index contributed by atoms with van der Waals surface area (Å²) in [6.07, 6.45) is 3.65. The van der Waals surface area contributed by atoms with Crippen LogP contribution in [0.2, 0.25) is 5.02 Å². The average molecular weight is 399 g/mol. The number of nitrogens with zero attached hydrogens (tertiary/aromatic N) is 1. The summed E-state index contributed by atoms with van der Waals surface area (Å²) in [5.41, 5.74) is 2.27. The van der Waals surface area contributed by atoms with Gasteiger partial charge in [-0.25, -0.2) is 4.98 Å². The van der Waals surface area contributed by atoms with Gasteiger partial charge in [-0.1, -0.05) is 41.9 Å². The van der Waals surface area contributed by atoms with Crippen LogP contribution in [-0.2, 0) is 6.42 Å². The first-order valence-corrected chi connectivity index (χ1v) is 8.55. The Bertz CT molecular complexity index is 649. The quantitative estimate of drug-likeness (QED) is 0.564. The third-order valence-corrected chi connectivity index (χ3v) is 4.80. The lowest BCUT2D eigenvalue weighted by Crippen LogP contribution is -2.30. The number of hydrogen-bond acceptors (Lipinski definition) is 2. The lowest BCUT2D eigenvalue weighted by atomic mass is 10.1. The third kappa shape index (κ3) is 4.93. The third-order valence-electron chi connectivity index (χ3n) is 3.20. The molecule has 0 saturated heterocycles. The van der Waals surface area contributed by atoms with Crippen molar-refractivity contribution >= 4 is 50.7 Å². The van der Waals surface area contributed by atoms with Crippen LogP contribution in [0.1, 0.15) is 17.5 Å². The van der Waals surface area contributed by atoms with Crippen molar-refractivity contribution in [3.05, 3.63) is 57.2 Å². The lowest BCUT2D eigenvalue weighted by molar-refractivity contribution is 0.777. The van der Waals surface area contributed by atoms with Crippen molar-refractivity contribution in [1.82, 2.24) is 10.3 Å². The zero-order valence-corrected chi connectivity index (χ0v) is 15.4. The zero-order chi connectivity index (χ0) is 15.9. The molecule has 0 spiro atoms. The van der Waals surface area contributed by atoms with Gasteiger partial charge < -0.3 is 10.6 Å². The molecule has 0 unspecified atom stereocenters. The summed E-state index contributed by atoms with van der Waals surface area (Å²) in [6.45, 7) is 2.74. The number of anilines is 1. The molecule has 0 aliphatic carbocycles. The van der Waals surface area contributed by atoms with E-state index in [1.165, 1.54) is 5.56 Å². The highest BCUT2D eigenvalue weighted by Crippen LogP contribution is 2.28. The summed E-state index contributed by atoms with van der Waals surface area (Å²) >= 11 is 14.8. The predicted molar refractivity (Wildman–Crippen MR) is 101 cm³/mol. The van der Waals surface area contributed by atoms with Gasteiger partial charge in [-0.2, -0.15) is 0 Å². The summed E-state index contributed by atoms with van der Waals surface area (Å²) < 4.78 is 0.827. The van der Waals surface area contributed by atoms with E-state index in [2.05, 4.69) is 55.8 Å². The van der Waals surface area contributed by atoms with Gasteiger partial charge >= 0.3 is 0 Å². The number of halogens is 2. The summed E-state index contributed by atoms with van der Waals surface area (Å²) in [5, 5.41) is 7.45. The number of nitrogens with one attached hydrogen (secondary N) is 2. The predicted octanol–water partition coefficient (Wildman–Crippen LogP) is 4.73. The molecule has 0 saturated carbocycles. The van der Waals surface area contributed by atoms with E-state index in [1.54, 1.807) is 6.20 Å². The van der Waals surface area contributed by atoms with Crippen LogP contribution in [0.4, 0.5) is 5.82 Å². The van der Waals surface area contributed by atoms with E-state index >= 15 is 0 Å². The topological polar surface area (TPSA) is 37.0 Å². The molecule has 116 valence electrons. The van der Waals surface area contributed by atoms with Gasteiger partial charge in [-0.05, 0) is 59.0 Å². The number of benzene rings is 1. The van der Waals surface area contributed by atoms with E-state index in [1.807, 2.05) is 13.0 Å². The molecule has 0 aliphatic heterocycles. The molecule has 1 aromatic carbocycles. The van der Waals surface area contributed by atoms with Gasteiger partial charge in [0.05, 0.1) is 9.50 Å². The van der Waals surface area contributed by atoms with Crippen LogP contribution in [0.15, 0.2) is 41.0 Å². The molecule has 2 rings (SSSR count). The summed E-state index contributed by atoms with van der Waals surface area (Å²) in [5.74, 6) is 0.669. The Kier molecular flexibility index (Phi) is 6.61. The molecule has 6 heteroatoms. The van der Waals surface area contributed by atoms with Crippen molar-refractivity contribution in [2.45, 2.75) is 19.8 Å². The van der Waals surface area contributed by atoms with Crippen LogP contribution < -0.4 is 10.6 Å². The molecule has 0 amide bonds. The molecule has 0 radical (unpaired) electrons. The van der Waals surface area contributed by atoms with Gasteiger partial charge in [-0.3, -0.25) is 0 Å². The lowest BCUT2D eigenvalue weighted by Gasteiger charge is -2.12. The first kappa shape index (κ1) is 17.2. The summed E-state index contributed by atoms with van der Waals surface area (Å²) in [4.78, 5) is 4.24. The van der Waals surface area contributed by atoms with E-state index in [9.17, 15) is 0 Å².